The number of hydrogen-bond donors (Lipinski definition) is 1. The van der Waals surface area contributed by atoms with Crippen molar-refractivity contribution < 1.29 is 9.59 Å². The number of carbonyl (C=O) groups excluding carboxylic acids is 2. The zero-order valence-corrected chi connectivity index (χ0v) is 15.2. The van der Waals surface area contributed by atoms with E-state index in [1.165, 1.54) is 0 Å². The Bertz CT molecular complexity index is 861. The van der Waals surface area contributed by atoms with Gasteiger partial charge in [0.15, 0.2) is 5.78 Å². The SMILES string of the molecule is O=C(CCCC(=O)c1ccccc1)NCc1ccnc(-c2ccsc2)c1. The fraction of sp³-hybridized carbons (Fsp3) is 0.190. The zero-order valence-electron chi connectivity index (χ0n) is 14.4. The van der Waals surface area contributed by atoms with Gasteiger partial charge in [0.25, 0.3) is 0 Å². The highest BCUT2D eigenvalue weighted by molar-refractivity contribution is 7.08. The standard InChI is InChI=1S/C21H20N2O2S/c24-20(17-5-2-1-3-6-17)7-4-8-21(25)23-14-16-9-11-22-19(13-16)18-10-12-26-15-18/h1-3,5-6,9-13,15H,4,7-8,14H2,(H,23,25). The molecule has 0 bridgehead atoms. The van der Waals surface area contributed by atoms with Crippen molar-refractivity contribution in [2.75, 3.05) is 0 Å². The van der Waals surface area contributed by atoms with Crippen molar-refractivity contribution in [1.82, 2.24) is 10.3 Å². The van der Waals surface area contributed by atoms with Gasteiger partial charge in [0.2, 0.25) is 5.91 Å². The minimum Gasteiger partial charge on any atom is -0.352 e. The van der Waals surface area contributed by atoms with Crippen LogP contribution in [0.15, 0.2) is 65.5 Å². The van der Waals surface area contributed by atoms with E-state index in [-0.39, 0.29) is 11.7 Å². The summed E-state index contributed by atoms with van der Waals surface area (Å²) in [4.78, 5) is 28.4. The van der Waals surface area contributed by atoms with Crippen LogP contribution < -0.4 is 5.32 Å². The smallest absolute Gasteiger partial charge is 0.220 e. The first-order valence-electron chi connectivity index (χ1n) is 8.55. The van der Waals surface area contributed by atoms with Crippen molar-refractivity contribution in [3.05, 3.63) is 76.6 Å². The topological polar surface area (TPSA) is 59.1 Å². The molecule has 0 radical (unpaired) electrons. The van der Waals surface area contributed by atoms with Crippen molar-refractivity contribution >= 4 is 23.0 Å². The highest BCUT2D eigenvalue weighted by Crippen LogP contribution is 2.20. The van der Waals surface area contributed by atoms with Gasteiger partial charge < -0.3 is 5.32 Å². The van der Waals surface area contributed by atoms with Gasteiger partial charge >= 0.3 is 0 Å². The normalized spacial score (nSPS) is 10.5. The number of thiophene rings is 1. The summed E-state index contributed by atoms with van der Waals surface area (Å²) in [6.45, 7) is 0.463. The van der Waals surface area contributed by atoms with Crippen LogP contribution >= 0.6 is 11.3 Å². The predicted octanol–water partition coefficient (Wildman–Crippen LogP) is 4.48. The first kappa shape index (κ1) is 18.0. The number of hydrogen-bond acceptors (Lipinski definition) is 4. The van der Waals surface area contributed by atoms with Crippen molar-refractivity contribution in [3.63, 3.8) is 0 Å². The maximum absolute atomic E-state index is 12.0. The lowest BCUT2D eigenvalue weighted by molar-refractivity contribution is -0.121. The molecule has 0 aliphatic carbocycles. The molecule has 1 amide bonds. The average molecular weight is 364 g/mol. The molecule has 132 valence electrons. The summed E-state index contributed by atoms with van der Waals surface area (Å²) in [6, 6.07) is 15.1. The van der Waals surface area contributed by atoms with E-state index in [9.17, 15) is 9.59 Å². The quantitative estimate of drug-likeness (QED) is 0.600. The van der Waals surface area contributed by atoms with Gasteiger partial charge in [-0.2, -0.15) is 11.3 Å². The molecule has 0 atom stereocenters. The van der Waals surface area contributed by atoms with Crippen LogP contribution in [0.25, 0.3) is 11.3 Å². The van der Waals surface area contributed by atoms with Gasteiger partial charge in [-0.15, -0.1) is 0 Å². The van der Waals surface area contributed by atoms with Crippen molar-refractivity contribution in [1.29, 1.82) is 0 Å². The van der Waals surface area contributed by atoms with E-state index < -0.39 is 0 Å². The highest BCUT2D eigenvalue weighted by Gasteiger charge is 2.08. The molecule has 26 heavy (non-hydrogen) atoms. The van der Waals surface area contributed by atoms with Crippen LogP contribution in [0.2, 0.25) is 0 Å². The largest absolute Gasteiger partial charge is 0.352 e. The third-order valence-electron chi connectivity index (χ3n) is 4.03. The molecule has 1 aromatic carbocycles. The van der Waals surface area contributed by atoms with Crippen LogP contribution in [0, 0.1) is 0 Å². The molecular formula is C21H20N2O2S. The Hall–Kier alpha value is -2.79. The second-order valence-corrected chi connectivity index (χ2v) is 6.76. The number of aromatic nitrogens is 1. The molecule has 4 nitrogen and oxygen atoms in total. The summed E-state index contributed by atoms with van der Waals surface area (Å²) < 4.78 is 0. The summed E-state index contributed by atoms with van der Waals surface area (Å²) in [7, 11) is 0. The maximum Gasteiger partial charge on any atom is 0.220 e. The predicted molar refractivity (Wildman–Crippen MR) is 104 cm³/mol. The third-order valence-corrected chi connectivity index (χ3v) is 4.72. The van der Waals surface area contributed by atoms with Crippen LogP contribution in [-0.2, 0) is 11.3 Å². The molecule has 1 N–H and O–H groups in total. The van der Waals surface area contributed by atoms with E-state index in [4.69, 9.17) is 0 Å². The van der Waals surface area contributed by atoms with Crippen LogP contribution in [0.3, 0.4) is 0 Å². The van der Waals surface area contributed by atoms with Crippen molar-refractivity contribution in [2.45, 2.75) is 25.8 Å². The van der Waals surface area contributed by atoms with Crippen LogP contribution in [-0.4, -0.2) is 16.7 Å². The molecule has 2 heterocycles. The molecule has 5 heteroatoms. The Morgan fingerprint density at radius 1 is 1.04 bits per heavy atom. The number of pyridine rings is 1. The zero-order chi connectivity index (χ0) is 18.2. The lowest BCUT2D eigenvalue weighted by Gasteiger charge is -2.07. The number of benzene rings is 1. The van der Waals surface area contributed by atoms with Crippen molar-refractivity contribution in [3.8, 4) is 11.3 Å². The molecule has 0 fully saturated rings. The van der Waals surface area contributed by atoms with Crippen LogP contribution in [0.5, 0.6) is 0 Å². The molecule has 3 rings (SSSR count). The monoisotopic (exact) mass is 364 g/mol. The van der Waals surface area contributed by atoms with Gasteiger partial charge in [-0.25, -0.2) is 0 Å². The molecule has 0 unspecified atom stereocenters. The molecule has 0 saturated heterocycles. The third kappa shape index (κ3) is 5.10. The highest BCUT2D eigenvalue weighted by atomic mass is 32.1. The molecule has 3 aromatic rings. The fourth-order valence-corrected chi connectivity index (χ4v) is 3.27. The first-order valence-corrected chi connectivity index (χ1v) is 9.49. The van der Waals surface area contributed by atoms with E-state index >= 15 is 0 Å². The van der Waals surface area contributed by atoms with Gasteiger partial charge in [0.1, 0.15) is 0 Å². The minimum absolute atomic E-state index is 0.0419. The van der Waals surface area contributed by atoms with Gasteiger partial charge in [-0.05, 0) is 35.6 Å². The van der Waals surface area contributed by atoms with E-state index in [0.29, 0.717) is 31.4 Å². The molecule has 0 saturated carbocycles. The number of ketones is 1. The Morgan fingerprint density at radius 3 is 2.65 bits per heavy atom. The van der Waals surface area contributed by atoms with Crippen LogP contribution in [0.1, 0.15) is 35.2 Å². The van der Waals surface area contributed by atoms with Crippen LogP contribution in [0.4, 0.5) is 0 Å². The Kier molecular flexibility index (Phi) is 6.28. The number of nitrogens with one attached hydrogen (secondary N) is 1. The average Bonchev–Trinajstić information content (AvgIpc) is 3.22. The summed E-state index contributed by atoms with van der Waals surface area (Å²) in [6.07, 6.45) is 3.04. The van der Waals surface area contributed by atoms with Gasteiger partial charge in [-0.1, -0.05) is 30.3 Å². The number of carbonyl (C=O) groups is 2. The molecule has 0 spiro atoms. The van der Waals surface area contributed by atoms with Gasteiger partial charge in [0, 0.05) is 42.1 Å². The minimum atomic E-state index is -0.0419. The first-order chi connectivity index (χ1) is 12.7. The summed E-state index contributed by atoms with van der Waals surface area (Å²) >= 11 is 1.63. The van der Waals surface area contributed by atoms with E-state index in [0.717, 1.165) is 16.8 Å². The molecule has 0 aliphatic heterocycles. The van der Waals surface area contributed by atoms with Gasteiger partial charge in [-0.3, -0.25) is 14.6 Å². The number of Topliss-reactive ketones (excluding diaryl/α,β-unsaturated/α-hetero) is 1. The maximum atomic E-state index is 12.0. The van der Waals surface area contributed by atoms with E-state index in [2.05, 4.69) is 15.7 Å². The number of amides is 1. The summed E-state index contributed by atoms with van der Waals surface area (Å²) in [5, 5.41) is 6.98. The second kappa shape index (κ2) is 9.06. The van der Waals surface area contributed by atoms with Gasteiger partial charge in [0.05, 0.1) is 5.69 Å². The molecule has 2 aromatic heterocycles. The molecular weight excluding hydrogens is 344 g/mol. The second-order valence-electron chi connectivity index (χ2n) is 5.98. The Balaban J connectivity index is 1.43. The lowest BCUT2D eigenvalue weighted by atomic mass is 10.1. The lowest BCUT2D eigenvalue weighted by Crippen LogP contribution is -2.22. The molecule has 0 aliphatic rings. The Morgan fingerprint density at radius 2 is 1.88 bits per heavy atom. The summed E-state index contributed by atoms with van der Waals surface area (Å²) in [5.74, 6) is 0.0349. The van der Waals surface area contributed by atoms with E-state index in [1.54, 1.807) is 29.7 Å². The van der Waals surface area contributed by atoms with E-state index in [1.807, 2.05) is 41.8 Å². The summed E-state index contributed by atoms with van der Waals surface area (Å²) in [5.41, 5.74) is 3.70. The number of rotatable bonds is 8. The Labute approximate surface area is 156 Å². The number of nitrogens with zero attached hydrogens (tertiary/aromatic N) is 1. The van der Waals surface area contributed by atoms with Crippen molar-refractivity contribution in [2.24, 2.45) is 0 Å². The fourth-order valence-electron chi connectivity index (χ4n) is 2.62.